The first-order valence-corrected chi connectivity index (χ1v) is 8.53. The van der Waals surface area contributed by atoms with Crippen molar-refractivity contribution in [2.45, 2.75) is 6.42 Å². The molecule has 0 aliphatic carbocycles. The Balaban J connectivity index is 1.48. The molecular weight excluding hydrogens is 332 g/mol. The van der Waals surface area contributed by atoms with Crippen molar-refractivity contribution >= 4 is 33.8 Å². The van der Waals surface area contributed by atoms with Crippen molar-refractivity contribution in [1.29, 1.82) is 0 Å². The van der Waals surface area contributed by atoms with E-state index in [4.69, 9.17) is 27.4 Å². The molecule has 0 spiro atoms. The third-order valence-corrected chi connectivity index (χ3v) is 3.77. The minimum atomic E-state index is 0.237. The molecule has 3 aromatic rings. The van der Waals surface area contributed by atoms with Gasteiger partial charge >= 0.3 is 0 Å². The normalized spacial score (nSPS) is 10.4. The molecule has 3 N–H and O–H groups in total. The van der Waals surface area contributed by atoms with Gasteiger partial charge in [0.15, 0.2) is 5.11 Å². The summed E-state index contributed by atoms with van der Waals surface area (Å²) in [5.41, 5.74) is 6.29. The first kappa shape index (κ1) is 17.0. The lowest BCUT2D eigenvalue weighted by atomic mass is 10.1. The van der Waals surface area contributed by atoms with Crippen LogP contribution >= 0.6 is 12.2 Å². The van der Waals surface area contributed by atoms with Crippen molar-refractivity contribution in [3.63, 3.8) is 0 Å². The van der Waals surface area contributed by atoms with Crippen LogP contribution in [-0.2, 0) is 0 Å². The molecule has 0 amide bonds. The molecule has 3 rings (SSSR count). The van der Waals surface area contributed by atoms with E-state index in [1.54, 1.807) is 0 Å². The van der Waals surface area contributed by atoms with Crippen LogP contribution in [0.5, 0.6) is 11.5 Å². The van der Waals surface area contributed by atoms with E-state index >= 15 is 0 Å². The molecule has 0 fully saturated rings. The maximum absolute atomic E-state index is 5.91. The smallest absolute Gasteiger partial charge is 0.168 e. The van der Waals surface area contributed by atoms with E-state index in [2.05, 4.69) is 23.5 Å². The number of fused-ring (bicyclic) bond motifs is 1. The molecule has 0 bridgehead atoms. The Morgan fingerprint density at radius 3 is 2.56 bits per heavy atom. The van der Waals surface area contributed by atoms with Gasteiger partial charge in [-0.05, 0) is 35.8 Å². The molecule has 0 atom stereocenters. The van der Waals surface area contributed by atoms with Crippen molar-refractivity contribution in [3.8, 4) is 11.5 Å². The van der Waals surface area contributed by atoms with Gasteiger partial charge in [0.25, 0.3) is 0 Å². The molecule has 25 heavy (non-hydrogen) atoms. The summed E-state index contributed by atoms with van der Waals surface area (Å²) < 4.78 is 11.7. The van der Waals surface area contributed by atoms with Gasteiger partial charge in [-0.2, -0.15) is 0 Å². The van der Waals surface area contributed by atoms with Gasteiger partial charge in [0.2, 0.25) is 0 Å². The molecule has 3 aromatic carbocycles. The van der Waals surface area contributed by atoms with Gasteiger partial charge in [-0.15, -0.1) is 0 Å². The zero-order valence-corrected chi connectivity index (χ0v) is 14.6. The second kappa shape index (κ2) is 8.35. The lowest BCUT2D eigenvalue weighted by Crippen LogP contribution is -2.18. The Morgan fingerprint density at radius 2 is 1.68 bits per heavy atom. The van der Waals surface area contributed by atoms with Crippen molar-refractivity contribution in [2.24, 2.45) is 5.73 Å². The van der Waals surface area contributed by atoms with Crippen LogP contribution < -0.4 is 20.5 Å². The van der Waals surface area contributed by atoms with Crippen LogP contribution in [0.2, 0.25) is 0 Å². The van der Waals surface area contributed by atoms with Gasteiger partial charge < -0.3 is 20.5 Å². The minimum absolute atomic E-state index is 0.237. The Labute approximate surface area is 152 Å². The highest BCUT2D eigenvalue weighted by molar-refractivity contribution is 7.80. The summed E-state index contributed by atoms with van der Waals surface area (Å²) in [5, 5.41) is 5.43. The SMILES string of the molecule is NC(=S)Nc1cccc(OCCCOc2cccc3ccccc23)c1. The molecule has 0 saturated heterocycles. The van der Waals surface area contributed by atoms with Crippen molar-refractivity contribution in [3.05, 3.63) is 66.7 Å². The predicted octanol–water partition coefficient (Wildman–Crippen LogP) is 4.34. The van der Waals surface area contributed by atoms with Crippen LogP contribution in [0.3, 0.4) is 0 Å². The van der Waals surface area contributed by atoms with Gasteiger partial charge in [-0.25, -0.2) is 0 Å². The molecule has 0 radical (unpaired) electrons. The highest BCUT2D eigenvalue weighted by Gasteiger charge is 2.02. The number of ether oxygens (including phenoxy) is 2. The quantitative estimate of drug-likeness (QED) is 0.489. The van der Waals surface area contributed by atoms with E-state index in [1.807, 2.05) is 48.5 Å². The van der Waals surface area contributed by atoms with E-state index in [0.29, 0.717) is 13.2 Å². The predicted molar refractivity (Wildman–Crippen MR) is 106 cm³/mol. The van der Waals surface area contributed by atoms with E-state index < -0.39 is 0 Å². The number of hydrogen-bond donors (Lipinski definition) is 2. The highest BCUT2D eigenvalue weighted by Crippen LogP contribution is 2.25. The van der Waals surface area contributed by atoms with Crippen molar-refractivity contribution in [2.75, 3.05) is 18.5 Å². The highest BCUT2D eigenvalue weighted by atomic mass is 32.1. The standard InChI is InChI=1S/C20H20N2O2S/c21-20(25)22-16-8-4-9-17(14-16)23-12-5-13-24-19-11-3-7-15-6-1-2-10-18(15)19/h1-4,6-11,14H,5,12-13H2,(H3,21,22,25). The number of anilines is 1. The Morgan fingerprint density at radius 1 is 0.920 bits per heavy atom. The van der Waals surface area contributed by atoms with E-state index in [0.717, 1.165) is 29.0 Å². The molecular formula is C20H20N2O2S. The molecule has 128 valence electrons. The molecule has 0 aliphatic rings. The average Bonchev–Trinajstić information content (AvgIpc) is 2.61. The summed E-state index contributed by atoms with van der Waals surface area (Å²) in [6.07, 6.45) is 0.788. The zero-order chi connectivity index (χ0) is 17.5. The Bertz CT molecular complexity index is 862. The fraction of sp³-hybridized carbons (Fsp3) is 0.150. The first-order chi connectivity index (χ1) is 12.2. The number of rotatable bonds is 7. The summed E-state index contributed by atoms with van der Waals surface area (Å²) in [7, 11) is 0. The van der Waals surface area contributed by atoms with Crippen LogP contribution in [0.25, 0.3) is 10.8 Å². The van der Waals surface area contributed by atoms with Crippen LogP contribution in [0, 0.1) is 0 Å². The van der Waals surface area contributed by atoms with Gasteiger partial charge in [-0.1, -0.05) is 42.5 Å². The summed E-state index contributed by atoms with van der Waals surface area (Å²) in [6, 6.07) is 21.8. The summed E-state index contributed by atoms with van der Waals surface area (Å²) in [4.78, 5) is 0. The second-order valence-corrected chi connectivity index (χ2v) is 5.98. The fourth-order valence-electron chi connectivity index (χ4n) is 2.56. The van der Waals surface area contributed by atoms with Crippen molar-refractivity contribution < 1.29 is 9.47 Å². The summed E-state index contributed by atoms with van der Waals surface area (Å²) in [5.74, 6) is 1.67. The topological polar surface area (TPSA) is 56.5 Å². The van der Waals surface area contributed by atoms with Crippen LogP contribution in [0.1, 0.15) is 6.42 Å². The van der Waals surface area contributed by atoms with Crippen LogP contribution in [-0.4, -0.2) is 18.3 Å². The number of benzene rings is 3. The maximum atomic E-state index is 5.91. The lowest BCUT2D eigenvalue weighted by Gasteiger charge is -2.11. The molecule has 5 heteroatoms. The monoisotopic (exact) mass is 352 g/mol. The van der Waals surface area contributed by atoms with Gasteiger partial charge in [0.1, 0.15) is 11.5 Å². The maximum Gasteiger partial charge on any atom is 0.168 e. The van der Waals surface area contributed by atoms with E-state index in [9.17, 15) is 0 Å². The van der Waals surface area contributed by atoms with Crippen molar-refractivity contribution in [1.82, 2.24) is 0 Å². The number of hydrogen-bond acceptors (Lipinski definition) is 3. The minimum Gasteiger partial charge on any atom is -0.493 e. The average molecular weight is 352 g/mol. The summed E-state index contributed by atoms with van der Waals surface area (Å²) >= 11 is 4.83. The Kier molecular flexibility index (Phi) is 5.69. The number of nitrogens with two attached hydrogens (primary N) is 1. The first-order valence-electron chi connectivity index (χ1n) is 8.12. The van der Waals surface area contributed by atoms with Gasteiger partial charge in [0.05, 0.1) is 13.2 Å². The molecule has 0 unspecified atom stereocenters. The summed E-state index contributed by atoms with van der Waals surface area (Å²) in [6.45, 7) is 1.17. The zero-order valence-electron chi connectivity index (χ0n) is 13.8. The lowest BCUT2D eigenvalue weighted by molar-refractivity contribution is 0.249. The third kappa shape index (κ3) is 4.84. The van der Waals surface area contributed by atoms with E-state index in [-0.39, 0.29) is 5.11 Å². The molecule has 0 saturated carbocycles. The molecule has 0 aliphatic heterocycles. The third-order valence-electron chi connectivity index (χ3n) is 3.67. The van der Waals surface area contributed by atoms with Gasteiger partial charge in [-0.3, -0.25) is 0 Å². The number of nitrogens with one attached hydrogen (secondary N) is 1. The van der Waals surface area contributed by atoms with Crippen LogP contribution in [0.4, 0.5) is 5.69 Å². The molecule has 0 heterocycles. The fourth-order valence-corrected chi connectivity index (χ4v) is 2.68. The van der Waals surface area contributed by atoms with E-state index in [1.165, 1.54) is 5.39 Å². The Hall–Kier alpha value is -2.79. The number of thiocarbonyl (C=S) groups is 1. The van der Waals surface area contributed by atoms with Gasteiger partial charge in [0, 0.05) is 23.6 Å². The largest absolute Gasteiger partial charge is 0.493 e. The van der Waals surface area contributed by atoms with Crippen LogP contribution in [0.15, 0.2) is 66.7 Å². The second-order valence-electron chi connectivity index (χ2n) is 5.54. The molecule has 0 aromatic heterocycles. The molecule has 4 nitrogen and oxygen atoms in total.